The van der Waals surface area contributed by atoms with E-state index in [1.54, 1.807) is 7.11 Å². The number of methoxy groups -OCH3 is 1. The first-order valence-corrected chi connectivity index (χ1v) is 10.3. The minimum absolute atomic E-state index is 0.168. The molecule has 1 aromatic carbocycles. The fraction of sp³-hybridized carbons (Fsp3) is 0.609. The molecule has 1 saturated heterocycles. The zero-order valence-corrected chi connectivity index (χ0v) is 16.2. The Morgan fingerprint density at radius 2 is 2.08 bits per heavy atom. The van der Waals surface area contributed by atoms with E-state index in [0.29, 0.717) is 11.7 Å². The van der Waals surface area contributed by atoms with Crippen molar-refractivity contribution in [3.63, 3.8) is 0 Å². The van der Waals surface area contributed by atoms with Gasteiger partial charge in [-0.1, -0.05) is 31.9 Å². The third kappa shape index (κ3) is 3.34. The van der Waals surface area contributed by atoms with Crippen molar-refractivity contribution >= 4 is 11.9 Å². The molecule has 0 bridgehead atoms. The van der Waals surface area contributed by atoms with Crippen LogP contribution in [0.25, 0.3) is 6.08 Å². The van der Waals surface area contributed by atoms with Gasteiger partial charge in [-0.25, -0.2) is 0 Å². The van der Waals surface area contributed by atoms with E-state index in [4.69, 9.17) is 4.74 Å². The van der Waals surface area contributed by atoms with E-state index in [0.717, 1.165) is 43.2 Å². The normalized spacial score (nSPS) is 26.6. The van der Waals surface area contributed by atoms with E-state index < -0.39 is 0 Å². The number of hydrogen-bond donors (Lipinski definition) is 0. The molecule has 1 saturated carbocycles. The molecule has 3 heteroatoms. The van der Waals surface area contributed by atoms with Gasteiger partial charge in [0.05, 0.1) is 12.9 Å². The molecule has 0 spiro atoms. The van der Waals surface area contributed by atoms with Crippen LogP contribution in [0.2, 0.25) is 0 Å². The smallest absolute Gasteiger partial charge is 0.167 e. The highest BCUT2D eigenvalue weighted by Gasteiger charge is 2.37. The van der Waals surface area contributed by atoms with Crippen molar-refractivity contribution in [2.24, 2.45) is 11.8 Å². The molecule has 1 aromatic rings. The molecule has 1 heterocycles. The lowest BCUT2D eigenvalue weighted by Gasteiger charge is -2.44. The lowest BCUT2D eigenvalue weighted by molar-refractivity contribution is 0.0401. The third-order valence-electron chi connectivity index (χ3n) is 6.89. The maximum Gasteiger partial charge on any atom is 0.167 e. The topological polar surface area (TPSA) is 29.5 Å². The number of Topliss-reactive ketones (excluding diaryl/α,β-unsaturated/α-hetero) is 1. The van der Waals surface area contributed by atoms with Gasteiger partial charge >= 0.3 is 0 Å². The molecular formula is C23H31NO2. The van der Waals surface area contributed by atoms with Crippen LogP contribution in [-0.2, 0) is 11.2 Å². The van der Waals surface area contributed by atoms with Gasteiger partial charge in [0.15, 0.2) is 5.78 Å². The number of hydrogen-bond acceptors (Lipinski definition) is 3. The van der Waals surface area contributed by atoms with E-state index in [1.165, 1.54) is 43.4 Å². The molecule has 3 nitrogen and oxygen atoms in total. The first-order chi connectivity index (χ1) is 12.7. The van der Waals surface area contributed by atoms with Crippen LogP contribution < -0.4 is 0 Å². The number of carbonyl (C=O) groups is 1. The van der Waals surface area contributed by atoms with Crippen molar-refractivity contribution in [1.82, 2.24) is 4.90 Å². The number of aryl methyl sites for hydroxylation is 1. The van der Waals surface area contributed by atoms with Gasteiger partial charge in [0.2, 0.25) is 0 Å². The molecular weight excluding hydrogens is 322 g/mol. The van der Waals surface area contributed by atoms with Crippen LogP contribution in [0.15, 0.2) is 24.0 Å². The molecule has 1 aliphatic heterocycles. The predicted octanol–water partition coefficient (Wildman–Crippen LogP) is 4.70. The summed E-state index contributed by atoms with van der Waals surface area (Å²) in [5.74, 6) is 2.10. The fourth-order valence-electron chi connectivity index (χ4n) is 4.89. The maximum atomic E-state index is 13.4. The van der Waals surface area contributed by atoms with Crippen molar-refractivity contribution in [3.8, 4) is 0 Å². The standard InChI is InChI=1S/C23H31NO2/c1-3-16-11-12-24(20-5-4-6-20)15-22(16)23(25)19-8-7-18-14-21(26-2)10-9-17(18)13-19/h7-8,13-14,16,20,22H,3-6,9-12,15H2,1-2H3/t16-,22+/m1/s1. The van der Waals surface area contributed by atoms with Crippen LogP contribution in [0.4, 0.5) is 0 Å². The van der Waals surface area contributed by atoms with Gasteiger partial charge in [-0.15, -0.1) is 0 Å². The highest BCUT2D eigenvalue weighted by atomic mass is 16.5. The number of rotatable bonds is 5. The number of fused-ring (bicyclic) bond motifs is 1. The minimum atomic E-state index is 0.168. The van der Waals surface area contributed by atoms with Crippen molar-refractivity contribution in [2.45, 2.75) is 57.9 Å². The number of allylic oxidation sites excluding steroid dienone is 1. The first-order valence-electron chi connectivity index (χ1n) is 10.3. The van der Waals surface area contributed by atoms with E-state index in [-0.39, 0.29) is 5.92 Å². The zero-order chi connectivity index (χ0) is 18.1. The zero-order valence-electron chi connectivity index (χ0n) is 16.2. The molecule has 26 heavy (non-hydrogen) atoms. The summed E-state index contributed by atoms with van der Waals surface area (Å²) in [6.45, 7) is 4.39. The number of nitrogens with zero attached hydrogens (tertiary/aromatic N) is 1. The Kier molecular flexibility index (Phi) is 5.17. The Morgan fingerprint density at radius 1 is 1.23 bits per heavy atom. The summed E-state index contributed by atoms with van der Waals surface area (Å²) in [6, 6.07) is 7.03. The number of likely N-dealkylation sites (tertiary alicyclic amines) is 1. The third-order valence-corrected chi connectivity index (χ3v) is 6.89. The average molecular weight is 354 g/mol. The molecule has 0 amide bonds. The van der Waals surface area contributed by atoms with Crippen LogP contribution in [0, 0.1) is 11.8 Å². The van der Waals surface area contributed by atoms with Crippen LogP contribution in [-0.4, -0.2) is 36.9 Å². The van der Waals surface area contributed by atoms with Crippen molar-refractivity contribution in [1.29, 1.82) is 0 Å². The summed E-state index contributed by atoms with van der Waals surface area (Å²) in [5.41, 5.74) is 3.41. The monoisotopic (exact) mass is 353 g/mol. The molecule has 4 rings (SSSR count). The Bertz CT molecular complexity index is 704. The van der Waals surface area contributed by atoms with Crippen LogP contribution in [0.1, 0.15) is 66.9 Å². The second-order valence-corrected chi connectivity index (χ2v) is 8.24. The first kappa shape index (κ1) is 17.8. The Labute approximate surface area is 157 Å². The van der Waals surface area contributed by atoms with Crippen molar-refractivity contribution < 1.29 is 9.53 Å². The number of piperidine rings is 1. The Morgan fingerprint density at radius 3 is 2.77 bits per heavy atom. The van der Waals surface area contributed by atoms with Gasteiger partial charge < -0.3 is 4.74 Å². The van der Waals surface area contributed by atoms with E-state index in [1.807, 2.05) is 6.07 Å². The molecule has 2 aliphatic carbocycles. The van der Waals surface area contributed by atoms with Crippen molar-refractivity contribution in [2.75, 3.05) is 20.2 Å². The Balaban J connectivity index is 1.54. The molecule has 140 valence electrons. The minimum Gasteiger partial charge on any atom is -0.501 e. The number of carbonyl (C=O) groups excluding carboxylic acids is 1. The van der Waals surface area contributed by atoms with Crippen LogP contribution in [0.5, 0.6) is 0 Å². The quantitative estimate of drug-likeness (QED) is 0.719. The fourth-order valence-corrected chi connectivity index (χ4v) is 4.89. The van der Waals surface area contributed by atoms with E-state index in [9.17, 15) is 4.79 Å². The van der Waals surface area contributed by atoms with Gasteiger partial charge in [0.1, 0.15) is 0 Å². The molecule has 0 N–H and O–H groups in total. The SMILES string of the molecule is CC[C@@H]1CCN(C2CCC2)C[C@@H]1C(=O)c1ccc2c(c1)CCC(OC)=C2. The van der Waals surface area contributed by atoms with Crippen LogP contribution >= 0.6 is 0 Å². The second-order valence-electron chi connectivity index (χ2n) is 8.24. The van der Waals surface area contributed by atoms with Crippen LogP contribution in [0.3, 0.4) is 0 Å². The molecule has 2 fully saturated rings. The summed E-state index contributed by atoms with van der Waals surface area (Å²) < 4.78 is 5.39. The number of benzene rings is 1. The molecule has 2 atom stereocenters. The average Bonchev–Trinajstić information content (AvgIpc) is 2.65. The van der Waals surface area contributed by atoms with E-state index in [2.05, 4.69) is 30.0 Å². The lowest BCUT2D eigenvalue weighted by atomic mass is 9.77. The maximum absolute atomic E-state index is 13.4. The number of ketones is 1. The summed E-state index contributed by atoms with van der Waals surface area (Å²) in [7, 11) is 1.73. The summed E-state index contributed by atoms with van der Waals surface area (Å²) in [6.07, 6.45) is 10.3. The van der Waals surface area contributed by atoms with Gasteiger partial charge in [-0.3, -0.25) is 9.69 Å². The lowest BCUT2D eigenvalue weighted by Crippen LogP contribution is -2.50. The van der Waals surface area contributed by atoms with Gasteiger partial charge in [0.25, 0.3) is 0 Å². The largest absolute Gasteiger partial charge is 0.501 e. The predicted molar refractivity (Wildman–Crippen MR) is 105 cm³/mol. The second kappa shape index (κ2) is 7.56. The molecule has 0 aromatic heterocycles. The number of ether oxygens (including phenoxy) is 1. The van der Waals surface area contributed by atoms with Gasteiger partial charge in [-0.05, 0) is 61.4 Å². The molecule has 0 unspecified atom stereocenters. The van der Waals surface area contributed by atoms with E-state index >= 15 is 0 Å². The molecule has 0 radical (unpaired) electrons. The summed E-state index contributed by atoms with van der Waals surface area (Å²) in [5, 5.41) is 0. The van der Waals surface area contributed by atoms with Gasteiger partial charge in [0, 0.05) is 30.5 Å². The van der Waals surface area contributed by atoms with Crippen molar-refractivity contribution in [3.05, 3.63) is 40.6 Å². The summed E-state index contributed by atoms with van der Waals surface area (Å²) >= 11 is 0. The highest BCUT2D eigenvalue weighted by molar-refractivity contribution is 5.98. The summed E-state index contributed by atoms with van der Waals surface area (Å²) in [4.78, 5) is 16.0. The highest BCUT2D eigenvalue weighted by Crippen LogP contribution is 2.35. The van der Waals surface area contributed by atoms with Gasteiger partial charge in [-0.2, -0.15) is 0 Å². The molecule has 3 aliphatic rings. The Hall–Kier alpha value is -1.61.